The van der Waals surface area contributed by atoms with Crippen molar-refractivity contribution >= 4 is 17.4 Å². The maximum Gasteiger partial charge on any atom is 0.296 e. The Balaban J connectivity index is 1.89. The molecule has 1 aromatic heterocycles. The van der Waals surface area contributed by atoms with Crippen LogP contribution in [0.3, 0.4) is 0 Å². The molecule has 0 bridgehead atoms. The van der Waals surface area contributed by atoms with Gasteiger partial charge in [-0.1, -0.05) is 25.0 Å². The SMILES string of the molecule is CCc1ccc(C#CC(=O)NCc2cc(C)ns2)cc1. The molecule has 0 atom stereocenters. The molecule has 0 aliphatic carbocycles. The molecule has 0 aliphatic rings. The summed E-state index contributed by atoms with van der Waals surface area (Å²) in [4.78, 5) is 12.7. The molecule has 0 unspecified atom stereocenters. The molecular formula is C16H16N2OS. The molecule has 1 amide bonds. The Morgan fingerprint density at radius 1 is 1.35 bits per heavy atom. The lowest BCUT2D eigenvalue weighted by Crippen LogP contribution is -2.20. The fourth-order valence-electron chi connectivity index (χ4n) is 1.66. The van der Waals surface area contributed by atoms with E-state index >= 15 is 0 Å². The minimum absolute atomic E-state index is 0.268. The fraction of sp³-hybridized carbons (Fsp3) is 0.250. The Morgan fingerprint density at radius 2 is 2.10 bits per heavy atom. The molecule has 0 radical (unpaired) electrons. The number of nitrogens with one attached hydrogen (secondary N) is 1. The third kappa shape index (κ3) is 4.22. The quantitative estimate of drug-likeness (QED) is 0.881. The minimum Gasteiger partial charge on any atom is -0.340 e. The van der Waals surface area contributed by atoms with E-state index in [0.29, 0.717) is 6.54 Å². The van der Waals surface area contributed by atoms with Gasteiger partial charge in [0.1, 0.15) is 0 Å². The molecule has 4 heteroatoms. The van der Waals surface area contributed by atoms with E-state index in [1.807, 2.05) is 37.3 Å². The van der Waals surface area contributed by atoms with E-state index in [0.717, 1.165) is 22.6 Å². The summed E-state index contributed by atoms with van der Waals surface area (Å²) in [6, 6.07) is 9.89. The number of hydrogen-bond acceptors (Lipinski definition) is 3. The number of rotatable bonds is 3. The van der Waals surface area contributed by atoms with Crippen molar-refractivity contribution in [3.63, 3.8) is 0 Å². The Bertz CT molecular complexity index is 647. The molecule has 0 saturated heterocycles. The molecule has 20 heavy (non-hydrogen) atoms. The Morgan fingerprint density at radius 3 is 2.70 bits per heavy atom. The van der Waals surface area contributed by atoms with Crippen LogP contribution in [0.25, 0.3) is 0 Å². The topological polar surface area (TPSA) is 42.0 Å². The largest absolute Gasteiger partial charge is 0.340 e. The Labute approximate surface area is 123 Å². The van der Waals surface area contributed by atoms with Gasteiger partial charge in [0.05, 0.1) is 12.2 Å². The number of nitrogens with zero attached hydrogens (tertiary/aromatic N) is 1. The first kappa shape index (κ1) is 14.3. The van der Waals surface area contributed by atoms with Gasteiger partial charge in [-0.25, -0.2) is 0 Å². The predicted molar refractivity (Wildman–Crippen MR) is 81.4 cm³/mol. The van der Waals surface area contributed by atoms with Gasteiger partial charge in [-0.15, -0.1) is 0 Å². The van der Waals surface area contributed by atoms with Crippen LogP contribution in [0.2, 0.25) is 0 Å². The van der Waals surface area contributed by atoms with Gasteiger partial charge in [-0.05, 0) is 48.6 Å². The lowest BCUT2D eigenvalue weighted by Gasteiger charge is -1.97. The van der Waals surface area contributed by atoms with E-state index in [4.69, 9.17) is 0 Å². The Kier molecular flexibility index (Phi) is 4.91. The van der Waals surface area contributed by atoms with Gasteiger partial charge in [-0.2, -0.15) is 4.37 Å². The summed E-state index contributed by atoms with van der Waals surface area (Å²) in [5, 5.41) is 2.76. The number of carbonyl (C=O) groups is 1. The van der Waals surface area contributed by atoms with Crippen molar-refractivity contribution in [1.29, 1.82) is 0 Å². The maximum atomic E-state index is 11.6. The van der Waals surface area contributed by atoms with Crippen molar-refractivity contribution in [2.75, 3.05) is 0 Å². The summed E-state index contributed by atoms with van der Waals surface area (Å²) in [7, 11) is 0. The minimum atomic E-state index is -0.268. The Hall–Kier alpha value is -2.12. The summed E-state index contributed by atoms with van der Waals surface area (Å²) in [6.45, 7) is 4.52. The molecule has 0 saturated carbocycles. The average molecular weight is 284 g/mol. The van der Waals surface area contributed by atoms with Crippen molar-refractivity contribution in [1.82, 2.24) is 9.69 Å². The van der Waals surface area contributed by atoms with Crippen molar-refractivity contribution < 1.29 is 4.79 Å². The zero-order valence-electron chi connectivity index (χ0n) is 11.6. The van der Waals surface area contributed by atoms with Crippen LogP contribution >= 0.6 is 11.5 Å². The van der Waals surface area contributed by atoms with E-state index in [-0.39, 0.29) is 5.91 Å². The first-order valence-electron chi connectivity index (χ1n) is 6.48. The van der Waals surface area contributed by atoms with E-state index in [1.165, 1.54) is 17.1 Å². The second kappa shape index (κ2) is 6.88. The van der Waals surface area contributed by atoms with Crippen LogP contribution in [0.4, 0.5) is 0 Å². The monoisotopic (exact) mass is 284 g/mol. The lowest BCUT2D eigenvalue weighted by atomic mass is 10.1. The molecular weight excluding hydrogens is 268 g/mol. The van der Waals surface area contributed by atoms with E-state index < -0.39 is 0 Å². The molecule has 3 nitrogen and oxygen atoms in total. The highest BCUT2D eigenvalue weighted by atomic mass is 32.1. The molecule has 1 heterocycles. The second-order valence-corrected chi connectivity index (χ2v) is 5.31. The van der Waals surface area contributed by atoms with Crippen LogP contribution in [0.15, 0.2) is 30.3 Å². The molecule has 0 fully saturated rings. The predicted octanol–water partition coefficient (Wildman–Crippen LogP) is 2.68. The third-order valence-corrected chi connectivity index (χ3v) is 3.66. The highest BCUT2D eigenvalue weighted by molar-refractivity contribution is 7.05. The van der Waals surface area contributed by atoms with Gasteiger partial charge in [-0.3, -0.25) is 4.79 Å². The lowest BCUT2D eigenvalue weighted by molar-refractivity contribution is -0.115. The molecule has 0 aliphatic heterocycles. The number of amides is 1. The van der Waals surface area contributed by atoms with E-state index in [9.17, 15) is 4.79 Å². The number of benzene rings is 1. The highest BCUT2D eigenvalue weighted by Crippen LogP contribution is 2.08. The highest BCUT2D eigenvalue weighted by Gasteiger charge is 2.00. The number of carbonyl (C=O) groups excluding carboxylic acids is 1. The van der Waals surface area contributed by atoms with Gasteiger partial charge in [0, 0.05) is 16.4 Å². The average Bonchev–Trinajstić information content (AvgIpc) is 2.89. The molecule has 1 aromatic carbocycles. The summed E-state index contributed by atoms with van der Waals surface area (Å²) in [6.07, 6.45) is 1.00. The first-order chi connectivity index (χ1) is 9.67. The summed E-state index contributed by atoms with van der Waals surface area (Å²) >= 11 is 1.40. The fourth-order valence-corrected chi connectivity index (χ4v) is 2.34. The van der Waals surface area contributed by atoms with Crippen LogP contribution in [0, 0.1) is 18.8 Å². The van der Waals surface area contributed by atoms with E-state index in [2.05, 4.69) is 28.5 Å². The third-order valence-electron chi connectivity index (χ3n) is 2.78. The molecule has 0 spiro atoms. The molecule has 102 valence electrons. The van der Waals surface area contributed by atoms with Gasteiger partial charge >= 0.3 is 0 Å². The maximum absolute atomic E-state index is 11.6. The van der Waals surface area contributed by atoms with Crippen LogP contribution in [0.5, 0.6) is 0 Å². The first-order valence-corrected chi connectivity index (χ1v) is 7.25. The van der Waals surface area contributed by atoms with Crippen LogP contribution in [0.1, 0.15) is 28.6 Å². The molecule has 2 rings (SSSR count). The standard InChI is InChI=1S/C16H16N2OS/c1-3-13-4-6-14(7-5-13)8-9-16(19)17-11-15-10-12(2)18-20-15/h4-7,10H,3,11H2,1-2H3,(H,17,19). The van der Waals surface area contributed by atoms with Crippen LogP contribution in [-0.4, -0.2) is 10.3 Å². The second-order valence-electron chi connectivity index (χ2n) is 4.42. The smallest absolute Gasteiger partial charge is 0.296 e. The zero-order valence-corrected chi connectivity index (χ0v) is 12.4. The van der Waals surface area contributed by atoms with Gasteiger partial charge in [0.15, 0.2) is 0 Å². The zero-order chi connectivity index (χ0) is 14.4. The van der Waals surface area contributed by atoms with Crippen LogP contribution in [-0.2, 0) is 17.8 Å². The number of hydrogen-bond donors (Lipinski definition) is 1. The number of aryl methyl sites for hydroxylation is 2. The van der Waals surface area contributed by atoms with Gasteiger partial charge in [0.25, 0.3) is 5.91 Å². The van der Waals surface area contributed by atoms with Crippen molar-refractivity contribution in [3.05, 3.63) is 52.0 Å². The molecule has 1 N–H and O–H groups in total. The van der Waals surface area contributed by atoms with Gasteiger partial charge < -0.3 is 5.32 Å². The van der Waals surface area contributed by atoms with Crippen LogP contribution < -0.4 is 5.32 Å². The van der Waals surface area contributed by atoms with Crippen molar-refractivity contribution in [3.8, 4) is 11.8 Å². The number of aromatic nitrogens is 1. The summed E-state index contributed by atoms with van der Waals surface area (Å²) in [5.74, 6) is 5.19. The summed E-state index contributed by atoms with van der Waals surface area (Å²) < 4.78 is 4.16. The van der Waals surface area contributed by atoms with E-state index in [1.54, 1.807) is 0 Å². The van der Waals surface area contributed by atoms with Crippen molar-refractivity contribution in [2.45, 2.75) is 26.8 Å². The summed E-state index contributed by atoms with van der Waals surface area (Å²) in [5.41, 5.74) is 3.09. The normalized spacial score (nSPS) is 9.70. The van der Waals surface area contributed by atoms with Crippen molar-refractivity contribution in [2.24, 2.45) is 0 Å². The van der Waals surface area contributed by atoms with Gasteiger partial charge in [0.2, 0.25) is 0 Å². The molecule has 2 aromatic rings.